The van der Waals surface area contributed by atoms with Crippen LogP contribution in [0.1, 0.15) is 29.8 Å². The second-order valence-corrected chi connectivity index (χ2v) is 8.87. The molecule has 1 aromatic carbocycles. The molecule has 36 heavy (non-hydrogen) atoms. The van der Waals surface area contributed by atoms with E-state index in [0.29, 0.717) is 48.3 Å². The molecule has 0 N–H and O–H groups in total. The minimum Gasteiger partial charge on any atom is -0.355 e. The van der Waals surface area contributed by atoms with Gasteiger partial charge in [0.1, 0.15) is 11.3 Å². The van der Waals surface area contributed by atoms with Gasteiger partial charge >= 0.3 is 6.18 Å². The summed E-state index contributed by atoms with van der Waals surface area (Å²) >= 11 is 0. The summed E-state index contributed by atoms with van der Waals surface area (Å²) in [4.78, 5) is 19.3. The van der Waals surface area contributed by atoms with Crippen LogP contribution >= 0.6 is 0 Å². The Morgan fingerprint density at radius 1 is 1.03 bits per heavy atom. The van der Waals surface area contributed by atoms with Crippen LogP contribution in [0.3, 0.4) is 0 Å². The fourth-order valence-electron chi connectivity index (χ4n) is 4.28. The van der Waals surface area contributed by atoms with Crippen molar-refractivity contribution < 1.29 is 18.0 Å². The van der Waals surface area contributed by atoms with E-state index in [0.717, 1.165) is 5.56 Å². The van der Waals surface area contributed by atoms with Crippen molar-refractivity contribution in [2.45, 2.75) is 32.5 Å². The van der Waals surface area contributed by atoms with E-state index in [9.17, 15) is 18.0 Å². The monoisotopic (exact) mass is 495 g/mol. The predicted molar refractivity (Wildman–Crippen MR) is 126 cm³/mol. The zero-order valence-corrected chi connectivity index (χ0v) is 19.6. The van der Waals surface area contributed by atoms with Crippen LogP contribution in [-0.2, 0) is 17.5 Å². The first-order valence-corrected chi connectivity index (χ1v) is 11.6. The van der Waals surface area contributed by atoms with Crippen LogP contribution in [0.25, 0.3) is 5.65 Å². The number of alkyl halides is 3. The second-order valence-electron chi connectivity index (χ2n) is 8.87. The summed E-state index contributed by atoms with van der Waals surface area (Å²) < 4.78 is 42.2. The molecule has 11 heteroatoms. The van der Waals surface area contributed by atoms with Crippen molar-refractivity contribution in [3.8, 4) is 0 Å². The summed E-state index contributed by atoms with van der Waals surface area (Å²) in [5, 5.41) is 10.9. The Balaban J connectivity index is 1.29. The number of benzene rings is 1. The number of piperidine rings is 1. The van der Waals surface area contributed by atoms with Crippen molar-refractivity contribution in [1.82, 2.24) is 24.4 Å². The van der Waals surface area contributed by atoms with Gasteiger partial charge in [-0.1, -0.05) is 35.9 Å². The molecule has 4 aromatic rings. The molecule has 3 aromatic heterocycles. The number of hydrogen-bond donors (Lipinski definition) is 0. The van der Waals surface area contributed by atoms with Crippen molar-refractivity contribution in [2.24, 2.45) is 10.9 Å². The van der Waals surface area contributed by atoms with Crippen LogP contribution in [0.4, 0.5) is 19.0 Å². The molecule has 0 unspecified atom stereocenters. The van der Waals surface area contributed by atoms with E-state index in [1.54, 1.807) is 6.07 Å². The van der Waals surface area contributed by atoms with Gasteiger partial charge in [0, 0.05) is 31.7 Å². The largest absolute Gasteiger partial charge is 0.453 e. The molecule has 1 aliphatic heterocycles. The fourth-order valence-corrected chi connectivity index (χ4v) is 4.28. The maximum Gasteiger partial charge on any atom is 0.453 e. The minimum atomic E-state index is -4.65. The highest BCUT2D eigenvalue weighted by atomic mass is 19.4. The third kappa shape index (κ3) is 5.00. The Kier molecular flexibility index (Phi) is 6.29. The van der Waals surface area contributed by atoms with E-state index in [4.69, 9.17) is 0 Å². The van der Waals surface area contributed by atoms with Crippen LogP contribution in [-0.4, -0.2) is 43.4 Å². The van der Waals surface area contributed by atoms with Gasteiger partial charge in [-0.2, -0.15) is 22.7 Å². The van der Waals surface area contributed by atoms with Gasteiger partial charge in [-0.25, -0.2) is 0 Å². The molecule has 0 atom stereocenters. The predicted octanol–water partition coefficient (Wildman–Crippen LogP) is 3.65. The first-order valence-electron chi connectivity index (χ1n) is 11.6. The number of carbonyl (C=O) groups excluding carboxylic acids is 1. The minimum absolute atomic E-state index is 0.0248. The molecule has 0 spiro atoms. The number of fused-ring (bicyclic) bond motifs is 1. The zero-order chi connectivity index (χ0) is 25.3. The third-order valence-electron chi connectivity index (χ3n) is 6.29. The number of aryl methyl sites for hydroxylation is 1. The first kappa shape index (κ1) is 23.7. The highest BCUT2D eigenvalue weighted by Crippen LogP contribution is 2.28. The lowest BCUT2D eigenvalue weighted by molar-refractivity contribution is -0.146. The Bertz CT molecular complexity index is 1450. The molecular weight excluding hydrogens is 471 g/mol. The summed E-state index contributed by atoms with van der Waals surface area (Å²) in [6, 6.07) is 16.9. The normalized spacial score (nSPS) is 15.6. The van der Waals surface area contributed by atoms with E-state index in [-0.39, 0.29) is 17.5 Å². The SMILES string of the molecule is Cc1ccc(Cn2ccccc2=NC(=O)C2CCN(c3ccc4nnc(C(F)(F)F)n4n3)CC2)cc1. The van der Waals surface area contributed by atoms with Crippen molar-refractivity contribution in [3.05, 3.63) is 83.2 Å². The van der Waals surface area contributed by atoms with Crippen LogP contribution in [0.15, 0.2) is 65.8 Å². The molecular formula is C25H24F3N7O. The molecule has 1 fully saturated rings. The molecule has 8 nitrogen and oxygen atoms in total. The molecule has 1 aliphatic rings. The van der Waals surface area contributed by atoms with Crippen LogP contribution in [0.5, 0.6) is 0 Å². The van der Waals surface area contributed by atoms with E-state index < -0.39 is 12.0 Å². The molecule has 4 heterocycles. The Morgan fingerprint density at radius 2 is 1.78 bits per heavy atom. The molecule has 0 aliphatic carbocycles. The van der Waals surface area contributed by atoms with Gasteiger partial charge in [-0.15, -0.1) is 15.3 Å². The van der Waals surface area contributed by atoms with Gasteiger partial charge in [0.05, 0.1) is 0 Å². The smallest absolute Gasteiger partial charge is 0.355 e. The maximum atomic E-state index is 13.2. The van der Waals surface area contributed by atoms with Crippen molar-refractivity contribution >= 4 is 17.4 Å². The van der Waals surface area contributed by atoms with Crippen molar-refractivity contribution in [1.29, 1.82) is 0 Å². The quantitative estimate of drug-likeness (QED) is 0.432. The van der Waals surface area contributed by atoms with Crippen molar-refractivity contribution in [2.75, 3.05) is 18.0 Å². The van der Waals surface area contributed by atoms with Gasteiger partial charge in [-0.05, 0) is 49.6 Å². The molecule has 0 radical (unpaired) electrons. The van der Waals surface area contributed by atoms with Gasteiger partial charge in [0.25, 0.3) is 11.7 Å². The highest BCUT2D eigenvalue weighted by Gasteiger charge is 2.38. The average molecular weight is 496 g/mol. The molecule has 0 bridgehead atoms. The van der Waals surface area contributed by atoms with E-state index in [2.05, 4.69) is 44.6 Å². The number of amides is 1. The molecule has 1 saturated heterocycles. The Labute approximate surface area is 204 Å². The number of pyridine rings is 1. The molecule has 186 valence electrons. The lowest BCUT2D eigenvalue weighted by Crippen LogP contribution is -2.37. The number of anilines is 1. The first-order chi connectivity index (χ1) is 17.3. The number of carbonyl (C=O) groups is 1. The van der Waals surface area contributed by atoms with Gasteiger partial charge < -0.3 is 9.47 Å². The maximum absolute atomic E-state index is 13.2. The number of halogens is 3. The Hall–Kier alpha value is -4.02. The zero-order valence-electron chi connectivity index (χ0n) is 19.6. The van der Waals surface area contributed by atoms with Gasteiger partial charge in [-0.3, -0.25) is 4.79 Å². The summed E-state index contributed by atoms with van der Waals surface area (Å²) in [7, 11) is 0. The van der Waals surface area contributed by atoms with Crippen molar-refractivity contribution in [3.63, 3.8) is 0 Å². The Morgan fingerprint density at radius 3 is 2.50 bits per heavy atom. The lowest BCUT2D eigenvalue weighted by atomic mass is 9.96. The summed E-state index contributed by atoms with van der Waals surface area (Å²) in [5.74, 6) is -1.24. The molecule has 0 saturated carbocycles. The molecule has 1 amide bonds. The fraction of sp³-hybridized carbons (Fsp3) is 0.320. The number of nitrogens with zero attached hydrogens (tertiary/aromatic N) is 7. The second kappa shape index (κ2) is 9.56. The van der Waals surface area contributed by atoms with Gasteiger partial charge in [0.15, 0.2) is 5.65 Å². The average Bonchev–Trinajstić information content (AvgIpc) is 3.31. The lowest BCUT2D eigenvalue weighted by Gasteiger charge is -2.31. The van der Waals surface area contributed by atoms with E-state index >= 15 is 0 Å². The highest BCUT2D eigenvalue weighted by molar-refractivity contribution is 5.79. The number of hydrogen-bond acceptors (Lipinski definition) is 5. The topological polar surface area (TPSA) is 80.7 Å². The standard InChI is InChI=1S/C25H24F3N7O/c1-17-5-7-18(8-6-17)16-34-13-3-2-4-20(34)29-23(36)19-11-14-33(15-12-19)22-10-9-21-30-31-24(25(26,27)28)35(21)32-22/h2-10,13,19H,11-12,14-16H2,1H3. The molecule has 5 rings (SSSR count). The van der Waals surface area contributed by atoms with E-state index in [1.807, 2.05) is 40.8 Å². The summed E-state index contributed by atoms with van der Waals surface area (Å²) in [6.07, 6.45) is -1.70. The third-order valence-corrected chi connectivity index (χ3v) is 6.29. The summed E-state index contributed by atoms with van der Waals surface area (Å²) in [5.41, 5.74) is 2.91. The van der Waals surface area contributed by atoms with E-state index in [1.165, 1.54) is 11.6 Å². The van der Waals surface area contributed by atoms with Gasteiger partial charge in [0.2, 0.25) is 0 Å². The van der Waals surface area contributed by atoms with Crippen LogP contribution in [0.2, 0.25) is 0 Å². The summed E-state index contributed by atoms with van der Waals surface area (Å²) in [6.45, 7) is 3.59. The number of aromatic nitrogens is 5. The number of rotatable bonds is 4. The van der Waals surface area contributed by atoms with Crippen LogP contribution < -0.4 is 10.4 Å². The van der Waals surface area contributed by atoms with Crippen LogP contribution in [0, 0.1) is 12.8 Å².